The Morgan fingerprint density at radius 3 is 1.81 bits per heavy atom. The normalized spacial score (nSPS) is 11.0. The third-order valence-electron chi connectivity index (χ3n) is 5.71. The lowest BCUT2D eigenvalue weighted by Gasteiger charge is -2.05. The molecular weight excluding hydrogens is 392 g/mol. The van der Waals surface area contributed by atoms with Crippen LogP contribution in [0.4, 0.5) is 5.82 Å². The van der Waals surface area contributed by atoms with Crippen molar-refractivity contribution in [1.82, 2.24) is 15.1 Å². The van der Waals surface area contributed by atoms with Gasteiger partial charge in [-0.15, -0.1) is 4.68 Å². The number of rotatable bonds is 20. The molecule has 0 spiro atoms. The van der Waals surface area contributed by atoms with Gasteiger partial charge in [-0.2, -0.15) is 0 Å². The lowest BCUT2D eigenvalue weighted by molar-refractivity contribution is -0.392. The van der Waals surface area contributed by atoms with Gasteiger partial charge in [-0.25, -0.2) is 0 Å². The molecule has 1 aromatic heterocycles. The number of nitrogens with zero attached hydrogens (tertiary/aromatic N) is 3. The van der Waals surface area contributed by atoms with E-state index < -0.39 is 4.92 Å². The first-order valence-corrected chi connectivity index (χ1v) is 12.5. The molecule has 0 atom stereocenters. The maximum absolute atomic E-state index is 12.0. The second-order valence-electron chi connectivity index (χ2n) is 8.71. The van der Waals surface area contributed by atoms with E-state index in [-0.39, 0.29) is 18.3 Å². The molecule has 0 aliphatic rings. The van der Waals surface area contributed by atoms with E-state index in [2.05, 4.69) is 17.3 Å². The van der Waals surface area contributed by atoms with Gasteiger partial charge in [-0.3, -0.25) is 4.79 Å². The summed E-state index contributed by atoms with van der Waals surface area (Å²) in [5.41, 5.74) is 0.539. The highest BCUT2D eigenvalue weighted by molar-refractivity contribution is 5.75. The average Bonchev–Trinajstić information content (AvgIpc) is 3.10. The van der Waals surface area contributed by atoms with Gasteiger partial charge in [0.05, 0.1) is 11.8 Å². The summed E-state index contributed by atoms with van der Waals surface area (Å²) in [7, 11) is 0. The predicted molar refractivity (Wildman–Crippen MR) is 126 cm³/mol. The van der Waals surface area contributed by atoms with Gasteiger partial charge in [-0.05, 0) is 18.3 Å². The number of carbonyl (C=O) groups is 1. The van der Waals surface area contributed by atoms with Crippen LogP contribution < -0.4 is 5.32 Å². The van der Waals surface area contributed by atoms with Gasteiger partial charge in [0.2, 0.25) is 0 Å². The number of nitrogens with one attached hydrogen (secondary N) is 1. The highest BCUT2D eigenvalue weighted by atomic mass is 16.6. The first-order chi connectivity index (χ1) is 15.0. The zero-order chi connectivity index (χ0) is 22.7. The Morgan fingerprint density at radius 1 is 0.903 bits per heavy atom. The van der Waals surface area contributed by atoms with Crippen molar-refractivity contribution in [1.29, 1.82) is 0 Å². The van der Waals surface area contributed by atoms with E-state index in [1.165, 1.54) is 96.0 Å². The first kappa shape index (κ1) is 27.1. The number of aromatic nitrogens is 2. The van der Waals surface area contributed by atoms with Gasteiger partial charge in [0.15, 0.2) is 6.54 Å². The summed E-state index contributed by atoms with van der Waals surface area (Å²) in [5, 5.41) is 17.8. The summed E-state index contributed by atoms with van der Waals surface area (Å²) in [6.07, 6.45) is 21.1. The molecule has 0 saturated carbocycles. The van der Waals surface area contributed by atoms with E-state index in [1.807, 2.05) is 0 Å². The average molecular weight is 437 g/mol. The summed E-state index contributed by atoms with van der Waals surface area (Å²) in [6, 6.07) is 1.38. The Morgan fingerprint density at radius 2 is 1.35 bits per heavy atom. The predicted octanol–water partition coefficient (Wildman–Crippen LogP) is 6.48. The molecule has 0 fully saturated rings. The van der Waals surface area contributed by atoms with Crippen LogP contribution in [0, 0.1) is 17.0 Å². The monoisotopic (exact) mass is 436 g/mol. The van der Waals surface area contributed by atoms with Crippen molar-refractivity contribution < 1.29 is 9.72 Å². The summed E-state index contributed by atoms with van der Waals surface area (Å²) in [6.45, 7) is 4.45. The van der Waals surface area contributed by atoms with Crippen LogP contribution in [0.5, 0.6) is 0 Å². The van der Waals surface area contributed by atoms with Gasteiger partial charge >= 0.3 is 5.82 Å². The van der Waals surface area contributed by atoms with Crippen LogP contribution in [0.3, 0.4) is 0 Å². The number of amides is 1. The van der Waals surface area contributed by atoms with E-state index in [0.29, 0.717) is 12.2 Å². The molecule has 7 heteroatoms. The number of hydrogen-bond donors (Lipinski definition) is 1. The van der Waals surface area contributed by atoms with Gasteiger partial charge in [0.1, 0.15) is 0 Å². The van der Waals surface area contributed by atoms with E-state index in [9.17, 15) is 14.9 Å². The van der Waals surface area contributed by atoms with E-state index >= 15 is 0 Å². The topological polar surface area (TPSA) is 90.1 Å². The molecule has 0 aromatic carbocycles. The third kappa shape index (κ3) is 13.9. The standard InChI is InChI=1S/C24H44N4O3/c1-3-4-5-6-7-8-9-10-11-12-13-14-15-16-17-18-19-25-23(29)21-27-24(28(30)31)20-22(2)26-27/h20H,3-19,21H2,1-2H3,(H,25,29). The largest absolute Gasteiger partial charge is 0.358 e. The molecule has 0 aliphatic carbocycles. The molecule has 1 heterocycles. The molecule has 0 unspecified atom stereocenters. The molecule has 1 aromatic rings. The first-order valence-electron chi connectivity index (χ1n) is 12.5. The lowest BCUT2D eigenvalue weighted by atomic mass is 10.0. The minimum atomic E-state index is -0.511. The fraction of sp³-hybridized carbons (Fsp3) is 0.833. The molecule has 0 radical (unpaired) electrons. The van der Waals surface area contributed by atoms with Crippen LogP contribution in [0.25, 0.3) is 0 Å². The van der Waals surface area contributed by atoms with E-state index in [1.54, 1.807) is 6.92 Å². The molecule has 7 nitrogen and oxygen atoms in total. The number of nitro groups is 1. The molecule has 0 bridgehead atoms. The van der Waals surface area contributed by atoms with Crippen LogP contribution in [0.2, 0.25) is 0 Å². The van der Waals surface area contributed by atoms with Crippen molar-refractivity contribution in [3.05, 3.63) is 21.9 Å². The quantitative estimate of drug-likeness (QED) is 0.144. The molecule has 1 amide bonds. The molecular formula is C24H44N4O3. The lowest BCUT2D eigenvalue weighted by Crippen LogP contribution is -2.29. The van der Waals surface area contributed by atoms with E-state index in [4.69, 9.17) is 0 Å². The molecule has 31 heavy (non-hydrogen) atoms. The minimum absolute atomic E-state index is 0.108. The second kappa shape index (κ2) is 17.7. The fourth-order valence-corrected chi connectivity index (χ4v) is 3.89. The van der Waals surface area contributed by atoms with Crippen molar-refractivity contribution in [2.75, 3.05) is 6.54 Å². The second-order valence-corrected chi connectivity index (χ2v) is 8.71. The van der Waals surface area contributed by atoms with Crippen molar-refractivity contribution in [3.8, 4) is 0 Å². The van der Waals surface area contributed by atoms with Crippen molar-refractivity contribution in [2.45, 2.75) is 123 Å². The van der Waals surface area contributed by atoms with Crippen LogP contribution in [-0.2, 0) is 11.3 Å². The Bertz CT molecular complexity index is 616. The number of hydrogen-bond acceptors (Lipinski definition) is 4. The summed E-state index contributed by atoms with van der Waals surface area (Å²) in [5.74, 6) is -0.373. The summed E-state index contributed by atoms with van der Waals surface area (Å²) in [4.78, 5) is 22.4. The molecule has 0 saturated heterocycles. The van der Waals surface area contributed by atoms with E-state index in [0.717, 1.165) is 17.5 Å². The van der Waals surface area contributed by atoms with Crippen LogP contribution >= 0.6 is 0 Å². The molecule has 178 valence electrons. The Labute approximate surface area is 188 Å². The van der Waals surface area contributed by atoms with Crippen molar-refractivity contribution >= 4 is 11.7 Å². The summed E-state index contributed by atoms with van der Waals surface area (Å²) >= 11 is 0. The molecule has 1 rings (SSSR count). The van der Waals surface area contributed by atoms with Gasteiger partial charge < -0.3 is 15.4 Å². The highest BCUT2D eigenvalue weighted by Gasteiger charge is 2.19. The Hall–Kier alpha value is -1.92. The van der Waals surface area contributed by atoms with Crippen LogP contribution in [-0.4, -0.2) is 27.2 Å². The van der Waals surface area contributed by atoms with Crippen LogP contribution in [0.1, 0.15) is 115 Å². The van der Waals surface area contributed by atoms with Gasteiger partial charge in [0.25, 0.3) is 5.91 Å². The number of aryl methyl sites for hydroxylation is 1. The maximum atomic E-state index is 12.0. The fourth-order valence-electron chi connectivity index (χ4n) is 3.89. The zero-order valence-corrected chi connectivity index (χ0v) is 19.9. The van der Waals surface area contributed by atoms with Crippen molar-refractivity contribution in [3.63, 3.8) is 0 Å². The third-order valence-corrected chi connectivity index (χ3v) is 5.71. The van der Waals surface area contributed by atoms with Gasteiger partial charge in [-0.1, -0.05) is 108 Å². The Kier molecular flexibility index (Phi) is 15.5. The summed E-state index contributed by atoms with van der Waals surface area (Å²) < 4.78 is 1.15. The molecule has 0 aliphatic heterocycles. The maximum Gasteiger partial charge on any atom is 0.345 e. The SMILES string of the molecule is CCCCCCCCCCCCCCCCCCNC(=O)Cn1nc(C)cc1[N+](=O)[O-]. The van der Waals surface area contributed by atoms with Crippen LogP contribution in [0.15, 0.2) is 6.07 Å². The van der Waals surface area contributed by atoms with Crippen molar-refractivity contribution in [2.24, 2.45) is 0 Å². The minimum Gasteiger partial charge on any atom is -0.358 e. The van der Waals surface area contributed by atoms with Gasteiger partial charge in [0, 0.05) is 6.54 Å². The Balaban J connectivity index is 1.87. The molecule has 1 N–H and O–H groups in total. The number of unbranched alkanes of at least 4 members (excludes halogenated alkanes) is 15. The smallest absolute Gasteiger partial charge is 0.345 e. The number of carbonyl (C=O) groups excluding carboxylic acids is 1. The highest BCUT2D eigenvalue weighted by Crippen LogP contribution is 2.14. The zero-order valence-electron chi connectivity index (χ0n) is 19.9.